The van der Waals surface area contributed by atoms with Gasteiger partial charge in [0.15, 0.2) is 11.5 Å². The first-order chi connectivity index (χ1) is 14.2. The Hall–Kier alpha value is -2.50. The van der Waals surface area contributed by atoms with Crippen LogP contribution >= 0.6 is 11.6 Å². The molecule has 5 nitrogen and oxygen atoms in total. The molecule has 0 bridgehead atoms. The summed E-state index contributed by atoms with van der Waals surface area (Å²) < 4.78 is 5.53. The second-order valence-electron chi connectivity index (χ2n) is 7.48. The number of hydrogen-bond donors (Lipinski definition) is 2. The average Bonchev–Trinajstić information content (AvgIpc) is 3.22. The molecule has 0 saturated carbocycles. The number of benzene rings is 2. The molecular weight excluding hydrogens is 386 g/mol. The molecule has 3 aromatic rings. The summed E-state index contributed by atoms with van der Waals surface area (Å²) in [6.45, 7) is 5.09. The highest BCUT2D eigenvalue weighted by molar-refractivity contribution is 6.30. The first-order valence-electron chi connectivity index (χ1n) is 10.1. The Labute approximate surface area is 176 Å². The number of phenolic OH excluding ortho intramolecular Hbond substituents is 1. The molecular formula is C23H26ClN3O2. The number of rotatable bonds is 6. The molecule has 1 aliphatic heterocycles. The van der Waals surface area contributed by atoms with E-state index in [4.69, 9.17) is 16.3 Å². The highest BCUT2D eigenvalue weighted by Gasteiger charge is 2.26. The molecule has 0 amide bonds. The van der Waals surface area contributed by atoms with Gasteiger partial charge in [-0.15, -0.1) is 0 Å². The number of nitrogens with one attached hydrogen (secondary N) is 1. The van der Waals surface area contributed by atoms with E-state index in [2.05, 4.69) is 15.1 Å². The number of ether oxygens (including phenoxy) is 1. The zero-order chi connectivity index (χ0) is 20.2. The number of aromatic hydroxyl groups is 1. The summed E-state index contributed by atoms with van der Waals surface area (Å²) in [6.07, 6.45) is 4.12. The topological polar surface area (TPSA) is 61.4 Å². The van der Waals surface area contributed by atoms with Crippen molar-refractivity contribution in [1.82, 2.24) is 15.1 Å². The summed E-state index contributed by atoms with van der Waals surface area (Å²) in [6, 6.07) is 13.6. The van der Waals surface area contributed by atoms with Gasteiger partial charge in [-0.05, 0) is 50.1 Å². The number of aromatic amines is 1. The fourth-order valence-corrected chi connectivity index (χ4v) is 4.24. The normalized spacial score (nSPS) is 17.4. The van der Waals surface area contributed by atoms with Crippen LogP contribution in [0.2, 0.25) is 5.02 Å². The van der Waals surface area contributed by atoms with Gasteiger partial charge >= 0.3 is 0 Å². The van der Waals surface area contributed by atoms with Gasteiger partial charge in [0.25, 0.3) is 0 Å². The molecule has 29 heavy (non-hydrogen) atoms. The standard InChI is InChI=1S/C23H26ClN3O2/c1-2-29-21-7-3-5-18(23(21)28)15-27-12-4-6-17(14-27)22-20(13-25-26-22)16-8-10-19(24)11-9-16/h3,5,7-11,13,17,28H,2,4,6,12,14-15H2,1H3,(H,25,26). The number of piperidine rings is 1. The van der Waals surface area contributed by atoms with E-state index in [1.165, 1.54) is 5.69 Å². The SMILES string of the molecule is CCOc1cccc(CN2CCCC(c3[nH]ncc3-c3ccc(Cl)cc3)C2)c1O. The summed E-state index contributed by atoms with van der Waals surface area (Å²) in [7, 11) is 0. The third-order valence-electron chi connectivity index (χ3n) is 5.51. The van der Waals surface area contributed by atoms with E-state index in [1.807, 2.05) is 55.6 Å². The molecule has 0 radical (unpaired) electrons. The van der Waals surface area contributed by atoms with Gasteiger partial charge in [-0.25, -0.2) is 0 Å². The fourth-order valence-electron chi connectivity index (χ4n) is 4.11. The van der Waals surface area contributed by atoms with E-state index in [-0.39, 0.29) is 5.75 Å². The van der Waals surface area contributed by atoms with E-state index in [1.54, 1.807) is 0 Å². The Balaban J connectivity index is 1.51. The third kappa shape index (κ3) is 4.41. The molecule has 0 aliphatic carbocycles. The van der Waals surface area contributed by atoms with Crippen molar-refractivity contribution in [2.75, 3.05) is 19.7 Å². The molecule has 2 N–H and O–H groups in total. The highest BCUT2D eigenvalue weighted by Crippen LogP contribution is 2.35. The Kier molecular flexibility index (Phi) is 6.07. The van der Waals surface area contributed by atoms with Crippen LogP contribution in [0.1, 0.15) is 36.9 Å². The number of phenols is 1. The maximum atomic E-state index is 10.5. The van der Waals surface area contributed by atoms with Crippen molar-refractivity contribution < 1.29 is 9.84 Å². The van der Waals surface area contributed by atoms with Gasteiger partial charge in [0, 0.05) is 40.9 Å². The molecule has 1 atom stereocenters. The summed E-state index contributed by atoms with van der Waals surface area (Å²) >= 11 is 6.04. The van der Waals surface area contributed by atoms with Crippen molar-refractivity contribution in [2.45, 2.75) is 32.2 Å². The van der Waals surface area contributed by atoms with Crippen molar-refractivity contribution >= 4 is 11.6 Å². The first-order valence-corrected chi connectivity index (χ1v) is 10.5. The quantitative estimate of drug-likeness (QED) is 0.584. The van der Waals surface area contributed by atoms with Gasteiger partial charge in [-0.2, -0.15) is 5.10 Å². The third-order valence-corrected chi connectivity index (χ3v) is 5.77. The van der Waals surface area contributed by atoms with Crippen LogP contribution in [0.5, 0.6) is 11.5 Å². The largest absolute Gasteiger partial charge is 0.504 e. The van der Waals surface area contributed by atoms with Crippen LogP contribution in [-0.2, 0) is 6.54 Å². The second kappa shape index (κ2) is 8.89. The lowest BCUT2D eigenvalue weighted by Crippen LogP contribution is -2.34. The number of H-pyrrole nitrogens is 1. The number of nitrogens with zero attached hydrogens (tertiary/aromatic N) is 2. The smallest absolute Gasteiger partial charge is 0.162 e. The van der Waals surface area contributed by atoms with Crippen LogP contribution in [0.25, 0.3) is 11.1 Å². The molecule has 4 rings (SSSR count). The maximum absolute atomic E-state index is 10.5. The van der Waals surface area contributed by atoms with Gasteiger partial charge in [0.1, 0.15) is 0 Å². The Morgan fingerprint density at radius 1 is 1.24 bits per heavy atom. The van der Waals surface area contributed by atoms with E-state index in [0.29, 0.717) is 24.8 Å². The monoisotopic (exact) mass is 411 g/mol. The molecule has 6 heteroatoms. The lowest BCUT2D eigenvalue weighted by atomic mass is 9.90. The molecule has 1 aromatic heterocycles. The van der Waals surface area contributed by atoms with E-state index in [9.17, 15) is 5.11 Å². The maximum Gasteiger partial charge on any atom is 0.162 e. The molecule has 1 unspecified atom stereocenters. The van der Waals surface area contributed by atoms with Crippen LogP contribution < -0.4 is 4.74 Å². The molecule has 2 aromatic carbocycles. The molecule has 1 fully saturated rings. The Bertz CT molecular complexity index is 955. The summed E-state index contributed by atoms with van der Waals surface area (Å²) in [5.74, 6) is 1.17. The van der Waals surface area contributed by atoms with E-state index >= 15 is 0 Å². The molecule has 1 aliphatic rings. The number of likely N-dealkylation sites (tertiary alicyclic amines) is 1. The van der Waals surface area contributed by atoms with E-state index in [0.717, 1.165) is 47.6 Å². The number of aromatic nitrogens is 2. The number of halogens is 1. The molecule has 2 heterocycles. The van der Waals surface area contributed by atoms with Gasteiger partial charge in [-0.1, -0.05) is 35.9 Å². The first kappa shape index (κ1) is 19.8. The number of para-hydroxylation sites is 1. The van der Waals surface area contributed by atoms with Crippen molar-refractivity contribution in [1.29, 1.82) is 0 Å². The van der Waals surface area contributed by atoms with Crippen molar-refractivity contribution in [3.05, 3.63) is 64.9 Å². The summed E-state index contributed by atoms with van der Waals surface area (Å²) in [5, 5.41) is 18.8. The average molecular weight is 412 g/mol. The minimum Gasteiger partial charge on any atom is -0.504 e. The Morgan fingerprint density at radius 3 is 2.86 bits per heavy atom. The summed E-state index contributed by atoms with van der Waals surface area (Å²) in [4.78, 5) is 2.39. The van der Waals surface area contributed by atoms with Gasteiger partial charge in [0.05, 0.1) is 12.8 Å². The number of hydrogen-bond acceptors (Lipinski definition) is 4. The Morgan fingerprint density at radius 2 is 2.07 bits per heavy atom. The predicted molar refractivity (Wildman–Crippen MR) is 116 cm³/mol. The lowest BCUT2D eigenvalue weighted by molar-refractivity contribution is 0.196. The van der Waals surface area contributed by atoms with Crippen LogP contribution in [0, 0.1) is 0 Å². The second-order valence-corrected chi connectivity index (χ2v) is 7.91. The zero-order valence-electron chi connectivity index (χ0n) is 16.6. The molecule has 152 valence electrons. The van der Waals surface area contributed by atoms with Crippen molar-refractivity contribution in [2.24, 2.45) is 0 Å². The van der Waals surface area contributed by atoms with Crippen LogP contribution in [0.4, 0.5) is 0 Å². The van der Waals surface area contributed by atoms with E-state index < -0.39 is 0 Å². The fraction of sp³-hybridized carbons (Fsp3) is 0.348. The molecule has 1 saturated heterocycles. The minimum atomic E-state index is 0.250. The predicted octanol–water partition coefficient (Wildman–Crippen LogP) is 5.21. The lowest BCUT2D eigenvalue weighted by Gasteiger charge is -2.33. The van der Waals surface area contributed by atoms with Crippen LogP contribution in [-0.4, -0.2) is 39.9 Å². The van der Waals surface area contributed by atoms with Gasteiger partial charge in [0.2, 0.25) is 0 Å². The van der Waals surface area contributed by atoms with Crippen molar-refractivity contribution in [3.63, 3.8) is 0 Å². The summed E-state index contributed by atoms with van der Waals surface area (Å²) in [5.41, 5.74) is 4.33. The van der Waals surface area contributed by atoms with Crippen LogP contribution in [0.3, 0.4) is 0 Å². The van der Waals surface area contributed by atoms with Crippen molar-refractivity contribution in [3.8, 4) is 22.6 Å². The highest BCUT2D eigenvalue weighted by atomic mass is 35.5. The zero-order valence-corrected chi connectivity index (χ0v) is 17.3. The van der Waals surface area contributed by atoms with Crippen LogP contribution in [0.15, 0.2) is 48.7 Å². The van der Waals surface area contributed by atoms with Gasteiger partial charge < -0.3 is 9.84 Å². The molecule has 0 spiro atoms. The van der Waals surface area contributed by atoms with Gasteiger partial charge in [-0.3, -0.25) is 10.00 Å². The minimum absolute atomic E-state index is 0.250.